The summed E-state index contributed by atoms with van der Waals surface area (Å²) in [6.45, 7) is 1.63. The maximum Gasteiger partial charge on any atom is 0.375 e. The van der Waals surface area contributed by atoms with E-state index in [0.717, 1.165) is 0 Å². The first kappa shape index (κ1) is 17.3. The molecule has 2 N–H and O–H groups in total. The second-order valence-corrected chi connectivity index (χ2v) is 5.65. The van der Waals surface area contributed by atoms with Crippen molar-refractivity contribution in [3.8, 4) is 11.3 Å². The van der Waals surface area contributed by atoms with E-state index >= 15 is 0 Å². The Morgan fingerprint density at radius 1 is 1.12 bits per heavy atom. The fourth-order valence-corrected chi connectivity index (χ4v) is 2.61. The van der Waals surface area contributed by atoms with Crippen LogP contribution in [0.4, 0.5) is 4.39 Å². The standard InChI is InChI=1S/C19H15FN2O4/c1-11(21-18(23)13-5-3-2-4-6-13)15-16(22-26-17(15)19(24)25)12-7-9-14(20)10-8-12/h2-11H,1H3,(H,21,23)(H,24,25)/t11-/m1/s1. The molecule has 0 spiro atoms. The molecule has 0 radical (unpaired) electrons. The predicted octanol–water partition coefficient (Wildman–Crippen LogP) is 3.67. The largest absolute Gasteiger partial charge is 0.475 e. The fraction of sp³-hybridized carbons (Fsp3) is 0.105. The number of carboxylic acid groups (broad SMARTS) is 1. The van der Waals surface area contributed by atoms with Crippen molar-refractivity contribution >= 4 is 11.9 Å². The van der Waals surface area contributed by atoms with Crippen LogP contribution in [0.1, 0.15) is 39.4 Å². The van der Waals surface area contributed by atoms with Gasteiger partial charge < -0.3 is 14.9 Å². The van der Waals surface area contributed by atoms with E-state index in [2.05, 4.69) is 10.5 Å². The summed E-state index contributed by atoms with van der Waals surface area (Å²) in [5, 5.41) is 15.9. The van der Waals surface area contributed by atoms with E-state index in [1.54, 1.807) is 37.3 Å². The van der Waals surface area contributed by atoms with Crippen LogP contribution >= 0.6 is 0 Å². The van der Waals surface area contributed by atoms with E-state index in [1.165, 1.54) is 24.3 Å². The summed E-state index contributed by atoms with van der Waals surface area (Å²) >= 11 is 0. The van der Waals surface area contributed by atoms with Crippen LogP contribution in [0, 0.1) is 5.82 Å². The SMILES string of the molecule is C[C@@H](NC(=O)c1ccccc1)c1c(-c2ccc(F)cc2)noc1C(=O)O. The van der Waals surface area contributed by atoms with Crippen LogP contribution in [0.25, 0.3) is 11.3 Å². The lowest BCUT2D eigenvalue weighted by Gasteiger charge is -2.14. The summed E-state index contributed by atoms with van der Waals surface area (Å²) in [6, 6.07) is 13.3. The molecule has 7 heteroatoms. The van der Waals surface area contributed by atoms with Gasteiger partial charge in [0.25, 0.3) is 5.91 Å². The Hall–Kier alpha value is -3.48. The molecule has 0 aliphatic carbocycles. The number of carbonyl (C=O) groups is 2. The van der Waals surface area contributed by atoms with Crippen molar-refractivity contribution in [2.24, 2.45) is 0 Å². The van der Waals surface area contributed by atoms with Crippen LogP contribution in [0.2, 0.25) is 0 Å². The van der Waals surface area contributed by atoms with E-state index in [-0.39, 0.29) is 22.9 Å². The zero-order valence-corrected chi connectivity index (χ0v) is 13.8. The van der Waals surface area contributed by atoms with Gasteiger partial charge in [0.1, 0.15) is 11.5 Å². The number of hydrogen-bond acceptors (Lipinski definition) is 4. The number of hydrogen-bond donors (Lipinski definition) is 2. The molecule has 6 nitrogen and oxygen atoms in total. The van der Waals surface area contributed by atoms with Gasteiger partial charge in [-0.2, -0.15) is 0 Å². The number of nitrogens with zero attached hydrogens (tertiary/aromatic N) is 1. The van der Waals surface area contributed by atoms with E-state index in [9.17, 15) is 19.1 Å². The summed E-state index contributed by atoms with van der Waals surface area (Å²) in [6.07, 6.45) is 0. The third kappa shape index (κ3) is 3.46. The number of aromatic nitrogens is 1. The number of carbonyl (C=O) groups excluding carboxylic acids is 1. The van der Waals surface area contributed by atoms with Gasteiger partial charge in [0.05, 0.1) is 11.6 Å². The molecule has 0 bridgehead atoms. The average Bonchev–Trinajstić information content (AvgIpc) is 3.08. The Kier molecular flexibility index (Phi) is 4.79. The number of benzene rings is 2. The molecule has 0 saturated carbocycles. The minimum absolute atomic E-state index is 0.216. The zero-order valence-electron chi connectivity index (χ0n) is 13.8. The third-order valence-electron chi connectivity index (χ3n) is 3.86. The van der Waals surface area contributed by atoms with Gasteiger partial charge in [-0.3, -0.25) is 4.79 Å². The van der Waals surface area contributed by atoms with E-state index in [1.807, 2.05) is 0 Å². The van der Waals surface area contributed by atoms with Crippen LogP contribution in [0.5, 0.6) is 0 Å². The number of nitrogens with one attached hydrogen (secondary N) is 1. The molecule has 0 fully saturated rings. The molecular weight excluding hydrogens is 339 g/mol. The van der Waals surface area contributed by atoms with Crippen molar-refractivity contribution in [1.82, 2.24) is 10.5 Å². The molecule has 3 rings (SSSR count). The summed E-state index contributed by atoms with van der Waals surface area (Å²) in [5.74, 6) is -2.46. The molecule has 26 heavy (non-hydrogen) atoms. The maximum absolute atomic E-state index is 13.2. The van der Waals surface area contributed by atoms with Crippen molar-refractivity contribution in [1.29, 1.82) is 0 Å². The van der Waals surface area contributed by atoms with Crippen LogP contribution in [-0.4, -0.2) is 22.1 Å². The highest BCUT2D eigenvalue weighted by Crippen LogP contribution is 2.31. The fourth-order valence-electron chi connectivity index (χ4n) is 2.61. The van der Waals surface area contributed by atoms with Gasteiger partial charge in [-0.1, -0.05) is 23.4 Å². The molecule has 1 heterocycles. The van der Waals surface area contributed by atoms with Crippen LogP contribution < -0.4 is 5.32 Å². The highest BCUT2D eigenvalue weighted by molar-refractivity contribution is 5.95. The van der Waals surface area contributed by atoms with Crippen molar-refractivity contribution in [2.45, 2.75) is 13.0 Å². The molecule has 1 amide bonds. The van der Waals surface area contributed by atoms with Crippen LogP contribution in [-0.2, 0) is 0 Å². The average molecular weight is 354 g/mol. The molecule has 0 saturated heterocycles. The minimum Gasteiger partial charge on any atom is -0.475 e. The molecule has 0 aliphatic rings. The Bertz CT molecular complexity index is 936. The van der Waals surface area contributed by atoms with Gasteiger partial charge in [0.15, 0.2) is 0 Å². The van der Waals surface area contributed by atoms with Crippen LogP contribution in [0.15, 0.2) is 59.1 Å². The normalized spacial score (nSPS) is 11.8. The van der Waals surface area contributed by atoms with Gasteiger partial charge in [-0.25, -0.2) is 9.18 Å². The number of halogens is 1. The topological polar surface area (TPSA) is 92.4 Å². The highest BCUT2D eigenvalue weighted by atomic mass is 19.1. The van der Waals surface area contributed by atoms with Gasteiger partial charge in [-0.15, -0.1) is 0 Å². The van der Waals surface area contributed by atoms with Gasteiger partial charge in [0.2, 0.25) is 5.76 Å². The third-order valence-corrected chi connectivity index (χ3v) is 3.86. The molecule has 0 unspecified atom stereocenters. The van der Waals surface area contributed by atoms with Crippen molar-refractivity contribution < 1.29 is 23.6 Å². The molecular formula is C19H15FN2O4. The smallest absolute Gasteiger partial charge is 0.375 e. The second-order valence-electron chi connectivity index (χ2n) is 5.65. The van der Waals surface area contributed by atoms with Crippen molar-refractivity contribution in [2.75, 3.05) is 0 Å². The molecule has 2 aromatic carbocycles. The van der Waals surface area contributed by atoms with Gasteiger partial charge >= 0.3 is 5.97 Å². The maximum atomic E-state index is 13.2. The quantitative estimate of drug-likeness (QED) is 0.729. The number of amides is 1. The Labute approximate surface area is 148 Å². The van der Waals surface area contributed by atoms with Crippen molar-refractivity contribution in [3.05, 3.63) is 77.3 Å². The second kappa shape index (κ2) is 7.18. The molecule has 3 aromatic rings. The summed E-state index contributed by atoms with van der Waals surface area (Å²) in [4.78, 5) is 23.8. The summed E-state index contributed by atoms with van der Waals surface area (Å²) < 4.78 is 18.1. The van der Waals surface area contributed by atoms with E-state index in [4.69, 9.17) is 4.52 Å². The highest BCUT2D eigenvalue weighted by Gasteiger charge is 2.28. The molecule has 0 aliphatic heterocycles. The minimum atomic E-state index is -1.30. The van der Waals surface area contributed by atoms with Crippen LogP contribution in [0.3, 0.4) is 0 Å². The predicted molar refractivity (Wildman–Crippen MR) is 91.2 cm³/mol. The molecule has 1 atom stereocenters. The van der Waals surface area contributed by atoms with Gasteiger partial charge in [0, 0.05) is 11.1 Å². The number of rotatable bonds is 5. The first-order chi connectivity index (χ1) is 12.5. The Morgan fingerprint density at radius 3 is 2.38 bits per heavy atom. The zero-order chi connectivity index (χ0) is 18.7. The molecule has 1 aromatic heterocycles. The Morgan fingerprint density at radius 2 is 1.77 bits per heavy atom. The first-order valence-electron chi connectivity index (χ1n) is 7.82. The van der Waals surface area contributed by atoms with Crippen molar-refractivity contribution in [3.63, 3.8) is 0 Å². The first-order valence-corrected chi connectivity index (χ1v) is 7.82. The lowest BCUT2D eigenvalue weighted by molar-refractivity contribution is 0.0648. The lowest BCUT2D eigenvalue weighted by Crippen LogP contribution is -2.27. The monoisotopic (exact) mass is 354 g/mol. The number of carboxylic acids is 1. The van der Waals surface area contributed by atoms with E-state index < -0.39 is 17.8 Å². The lowest BCUT2D eigenvalue weighted by atomic mass is 10.00. The Balaban J connectivity index is 1.96. The summed E-state index contributed by atoms with van der Waals surface area (Å²) in [5.41, 5.74) is 1.38. The number of aromatic carboxylic acids is 1. The summed E-state index contributed by atoms with van der Waals surface area (Å²) in [7, 11) is 0. The molecule has 132 valence electrons. The van der Waals surface area contributed by atoms with Gasteiger partial charge in [-0.05, 0) is 43.3 Å². The van der Waals surface area contributed by atoms with E-state index in [0.29, 0.717) is 11.1 Å².